The maximum absolute atomic E-state index is 3.79. The van der Waals surface area contributed by atoms with Crippen LogP contribution in [0.3, 0.4) is 0 Å². The summed E-state index contributed by atoms with van der Waals surface area (Å²) in [5.74, 6) is 0.854. The molecule has 2 nitrogen and oxygen atoms in total. The van der Waals surface area contributed by atoms with E-state index in [1.165, 1.54) is 51.6 Å². The van der Waals surface area contributed by atoms with Crippen LogP contribution in [0.2, 0.25) is 0 Å². The molecule has 1 fully saturated rings. The lowest BCUT2D eigenvalue weighted by Crippen LogP contribution is -2.45. The van der Waals surface area contributed by atoms with Crippen molar-refractivity contribution in [2.45, 2.75) is 78.3 Å². The van der Waals surface area contributed by atoms with Crippen molar-refractivity contribution in [3.8, 4) is 0 Å². The van der Waals surface area contributed by atoms with Gasteiger partial charge in [-0.25, -0.2) is 0 Å². The monoisotopic (exact) mass is 254 g/mol. The number of piperidine rings is 1. The third-order valence-electron chi connectivity index (χ3n) is 4.59. The molecular weight excluding hydrogens is 220 g/mol. The van der Waals surface area contributed by atoms with Gasteiger partial charge in [0, 0.05) is 18.6 Å². The van der Waals surface area contributed by atoms with Crippen molar-refractivity contribution in [2.24, 2.45) is 5.92 Å². The van der Waals surface area contributed by atoms with Crippen LogP contribution in [-0.2, 0) is 0 Å². The smallest absolute Gasteiger partial charge is 0.0192 e. The maximum Gasteiger partial charge on any atom is 0.0192 e. The second-order valence-electron chi connectivity index (χ2n) is 6.21. The number of hydrogen-bond acceptors (Lipinski definition) is 2. The lowest BCUT2D eigenvalue weighted by atomic mass is 9.97. The standard InChI is InChI=1S/C16H34N2/c1-5-14(3)12-16(6-2)17-13-15(4)18-10-8-7-9-11-18/h14-17H,5-13H2,1-4H3. The minimum atomic E-state index is 0.705. The molecule has 0 saturated carbocycles. The maximum atomic E-state index is 3.79. The molecule has 0 spiro atoms. The van der Waals surface area contributed by atoms with Crippen molar-refractivity contribution in [2.75, 3.05) is 19.6 Å². The highest BCUT2D eigenvalue weighted by Gasteiger charge is 2.18. The van der Waals surface area contributed by atoms with Gasteiger partial charge in [-0.15, -0.1) is 0 Å². The third-order valence-corrected chi connectivity index (χ3v) is 4.59. The SMILES string of the molecule is CCC(C)CC(CC)NCC(C)N1CCCCC1. The molecule has 108 valence electrons. The Bertz CT molecular complexity index is 197. The van der Waals surface area contributed by atoms with E-state index >= 15 is 0 Å². The van der Waals surface area contributed by atoms with E-state index in [1.54, 1.807) is 0 Å². The summed E-state index contributed by atoms with van der Waals surface area (Å²) in [5, 5.41) is 3.79. The lowest BCUT2D eigenvalue weighted by Gasteiger charge is -2.33. The molecule has 0 amide bonds. The molecule has 0 aromatic carbocycles. The third kappa shape index (κ3) is 5.71. The van der Waals surface area contributed by atoms with Gasteiger partial charge in [0.05, 0.1) is 0 Å². The van der Waals surface area contributed by atoms with E-state index in [2.05, 4.69) is 37.9 Å². The first-order valence-electron chi connectivity index (χ1n) is 8.14. The fourth-order valence-corrected chi connectivity index (χ4v) is 2.87. The second-order valence-corrected chi connectivity index (χ2v) is 6.21. The molecule has 0 bridgehead atoms. The highest BCUT2D eigenvalue weighted by atomic mass is 15.2. The number of likely N-dealkylation sites (tertiary alicyclic amines) is 1. The van der Waals surface area contributed by atoms with Crippen LogP contribution in [-0.4, -0.2) is 36.6 Å². The van der Waals surface area contributed by atoms with Gasteiger partial charge in [-0.3, -0.25) is 4.90 Å². The summed E-state index contributed by atoms with van der Waals surface area (Å²) in [4.78, 5) is 2.66. The van der Waals surface area contributed by atoms with Gasteiger partial charge >= 0.3 is 0 Å². The van der Waals surface area contributed by atoms with Gasteiger partial charge in [0.25, 0.3) is 0 Å². The summed E-state index contributed by atoms with van der Waals surface area (Å²) in [6.45, 7) is 13.1. The number of hydrogen-bond donors (Lipinski definition) is 1. The van der Waals surface area contributed by atoms with E-state index in [0.29, 0.717) is 12.1 Å². The van der Waals surface area contributed by atoms with Crippen molar-refractivity contribution in [3.05, 3.63) is 0 Å². The highest BCUT2D eigenvalue weighted by Crippen LogP contribution is 2.14. The Hall–Kier alpha value is -0.0800. The minimum absolute atomic E-state index is 0.705. The average molecular weight is 254 g/mol. The lowest BCUT2D eigenvalue weighted by molar-refractivity contribution is 0.166. The van der Waals surface area contributed by atoms with Crippen LogP contribution in [0.25, 0.3) is 0 Å². The molecule has 1 heterocycles. The zero-order valence-electron chi connectivity index (χ0n) is 13.0. The summed E-state index contributed by atoms with van der Waals surface area (Å²) in [7, 11) is 0. The molecule has 3 atom stereocenters. The quantitative estimate of drug-likeness (QED) is 0.711. The van der Waals surface area contributed by atoms with E-state index in [-0.39, 0.29) is 0 Å². The first-order chi connectivity index (χ1) is 8.67. The topological polar surface area (TPSA) is 15.3 Å². The fourth-order valence-electron chi connectivity index (χ4n) is 2.87. The highest BCUT2D eigenvalue weighted by molar-refractivity contribution is 4.76. The largest absolute Gasteiger partial charge is 0.312 e. The van der Waals surface area contributed by atoms with Gasteiger partial charge in [0.1, 0.15) is 0 Å². The van der Waals surface area contributed by atoms with Crippen LogP contribution >= 0.6 is 0 Å². The Morgan fingerprint density at radius 2 is 1.67 bits per heavy atom. The van der Waals surface area contributed by atoms with E-state index in [9.17, 15) is 0 Å². The van der Waals surface area contributed by atoms with Crippen LogP contribution in [0.5, 0.6) is 0 Å². The molecular formula is C16H34N2. The molecule has 18 heavy (non-hydrogen) atoms. The van der Waals surface area contributed by atoms with Gasteiger partial charge in [-0.05, 0) is 51.6 Å². The van der Waals surface area contributed by atoms with Crippen LogP contribution in [0, 0.1) is 5.92 Å². The first-order valence-corrected chi connectivity index (χ1v) is 8.14. The molecule has 0 aromatic heterocycles. The molecule has 0 radical (unpaired) electrons. The Morgan fingerprint density at radius 3 is 2.22 bits per heavy atom. The molecule has 0 aliphatic carbocycles. The van der Waals surface area contributed by atoms with Crippen LogP contribution in [0.4, 0.5) is 0 Å². The van der Waals surface area contributed by atoms with Crippen LogP contribution in [0.15, 0.2) is 0 Å². The summed E-state index contributed by atoms with van der Waals surface area (Å²) in [6.07, 6.45) is 8.13. The molecule has 1 saturated heterocycles. The van der Waals surface area contributed by atoms with Gasteiger partial charge in [-0.2, -0.15) is 0 Å². The van der Waals surface area contributed by atoms with Crippen LogP contribution in [0.1, 0.15) is 66.2 Å². The van der Waals surface area contributed by atoms with Crippen molar-refractivity contribution in [3.63, 3.8) is 0 Å². The Kier molecular flexibility index (Phi) is 7.92. The summed E-state index contributed by atoms with van der Waals surface area (Å²) >= 11 is 0. The Balaban J connectivity index is 2.23. The first kappa shape index (κ1) is 16.0. The zero-order chi connectivity index (χ0) is 13.4. The van der Waals surface area contributed by atoms with Crippen LogP contribution < -0.4 is 5.32 Å². The normalized spacial score (nSPS) is 22.7. The van der Waals surface area contributed by atoms with Gasteiger partial charge in [0.2, 0.25) is 0 Å². The number of nitrogens with one attached hydrogen (secondary N) is 1. The van der Waals surface area contributed by atoms with Crippen molar-refractivity contribution in [1.82, 2.24) is 10.2 Å². The summed E-state index contributed by atoms with van der Waals surface area (Å²) in [5.41, 5.74) is 0. The summed E-state index contributed by atoms with van der Waals surface area (Å²) < 4.78 is 0. The molecule has 1 aliphatic heterocycles. The second kappa shape index (κ2) is 8.92. The van der Waals surface area contributed by atoms with E-state index in [1.807, 2.05) is 0 Å². The van der Waals surface area contributed by atoms with Gasteiger partial charge in [0.15, 0.2) is 0 Å². The predicted molar refractivity (Wildman–Crippen MR) is 81.0 cm³/mol. The fraction of sp³-hybridized carbons (Fsp3) is 1.00. The van der Waals surface area contributed by atoms with Gasteiger partial charge < -0.3 is 5.32 Å². The van der Waals surface area contributed by atoms with E-state index in [0.717, 1.165) is 12.5 Å². The van der Waals surface area contributed by atoms with Crippen molar-refractivity contribution < 1.29 is 0 Å². The summed E-state index contributed by atoms with van der Waals surface area (Å²) in [6, 6.07) is 1.42. The molecule has 3 unspecified atom stereocenters. The molecule has 2 heteroatoms. The molecule has 1 aliphatic rings. The van der Waals surface area contributed by atoms with E-state index in [4.69, 9.17) is 0 Å². The zero-order valence-corrected chi connectivity index (χ0v) is 13.0. The molecule has 0 aromatic rings. The molecule has 1 N–H and O–H groups in total. The Morgan fingerprint density at radius 1 is 1.00 bits per heavy atom. The minimum Gasteiger partial charge on any atom is -0.312 e. The van der Waals surface area contributed by atoms with Crippen molar-refractivity contribution in [1.29, 1.82) is 0 Å². The Labute approximate surface area is 115 Å². The predicted octanol–water partition coefficient (Wildman–Crippen LogP) is 3.67. The number of rotatable bonds is 8. The van der Waals surface area contributed by atoms with Crippen molar-refractivity contribution >= 4 is 0 Å². The average Bonchev–Trinajstić information content (AvgIpc) is 2.43. The van der Waals surface area contributed by atoms with Gasteiger partial charge in [-0.1, -0.05) is 33.6 Å². The number of nitrogens with zero attached hydrogens (tertiary/aromatic N) is 1. The van der Waals surface area contributed by atoms with E-state index < -0.39 is 0 Å². The molecule has 1 rings (SSSR count).